The Morgan fingerprint density at radius 1 is 1.00 bits per heavy atom. The van der Waals surface area contributed by atoms with Crippen molar-refractivity contribution in [2.45, 2.75) is 32.7 Å². The number of fused-ring (bicyclic) bond motifs is 1. The molecule has 252 valence electrons. The molecule has 4 heterocycles. The summed E-state index contributed by atoms with van der Waals surface area (Å²) in [5, 5.41) is 4.10. The first kappa shape index (κ1) is 33.6. The molecule has 1 N–H and O–H groups in total. The molecule has 2 fully saturated rings. The summed E-state index contributed by atoms with van der Waals surface area (Å²) in [6.45, 7) is 9.15. The highest BCUT2D eigenvalue weighted by atomic mass is 35.5. The van der Waals surface area contributed by atoms with Crippen LogP contribution in [0.4, 0.5) is 11.4 Å². The van der Waals surface area contributed by atoms with Crippen LogP contribution in [0.5, 0.6) is 17.2 Å². The lowest BCUT2D eigenvalue weighted by Crippen LogP contribution is -2.33. The van der Waals surface area contributed by atoms with Gasteiger partial charge < -0.3 is 33.7 Å². The fourth-order valence-corrected chi connectivity index (χ4v) is 7.58. The lowest BCUT2D eigenvalue weighted by Gasteiger charge is -2.34. The molecule has 4 aromatic rings. The van der Waals surface area contributed by atoms with Crippen molar-refractivity contribution in [3.8, 4) is 39.6 Å². The second-order valence-electron chi connectivity index (χ2n) is 12.1. The molecule has 2 aromatic heterocycles. The van der Waals surface area contributed by atoms with Gasteiger partial charge in [0, 0.05) is 67.7 Å². The third kappa shape index (κ3) is 5.97. The number of benzene rings is 2. The molecular weight excluding hydrogens is 655 g/mol. The Morgan fingerprint density at radius 3 is 2.31 bits per heavy atom. The Hall–Kier alpha value is -4.25. The quantitative estimate of drug-likeness (QED) is 0.184. The van der Waals surface area contributed by atoms with Gasteiger partial charge in [0.15, 0.2) is 0 Å². The minimum atomic E-state index is -0.322. The van der Waals surface area contributed by atoms with Crippen LogP contribution >= 0.6 is 23.2 Å². The van der Waals surface area contributed by atoms with Crippen molar-refractivity contribution in [2.24, 2.45) is 5.41 Å². The number of nitrogens with zero attached hydrogens (tertiary/aromatic N) is 3. The fraction of sp³-hybridized carbons (Fsp3) is 0.361. The highest BCUT2D eigenvalue weighted by molar-refractivity contribution is 6.41. The van der Waals surface area contributed by atoms with E-state index in [1.807, 2.05) is 25.1 Å². The van der Waals surface area contributed by atoms with Crippen LogP contribution in [0.3, 0.4) is 0 Å². The van der Waals surface area contributed by atoms with Crippen LogP contribution in [0.2, 0.25) is 10.0 Å². The number of carbonyl (C=O) groups excluding carboxylic acids is 1. The number of aromatic nitrogens is 2. The minimum Gasteiger partial charge on any atom is -0.496 e. The number of pyridine rings is 2. The molecule has 2 aliphatic heterocycles. The molecule has 0 saturated carbocycles. The van der Waals surface area contributed by atoms with E-state index in [1.165, 1.54) is 20.3 Å². The normalized spacial score (nSPS) is 15.5. The van der Waals surface area contributed by atoms with E-state index in [-0.39, 0.29) is 32.5 Å². The smallest absolute Gasteiger partial charge is 0.259 e. The van der Waals surface area contributed by atoms with Gasteiger partial charge in [0.05, 0.1) is 59.5 Å². The van der Waals surface area contributed by atoms with Gasteiger partial charge in [-0.1, -0.05) is 29.8 Å². The molecule has 12 heteroatoms. The van der Waals surface area contributed by atoms with Crippen molar-refractivity contribution in [1.82, 2.24) is 9.55 Å². The largest absolute Gasteiger partial charge is 0.496 e. The highest BCUT2D eigenvalue weighted by Crippen LogP contribution is 2.47. The Balaban J connectivity index is 1.48. The number of methoxy groups -OCH3 is 3. The van der Waals surface area contributed by atoms with E-state index in [0.29, 0.717) is 57.2 Å². The van der Waals surface area contributed by atoms with Crippen molar-refractivity contribution < 1.29 is 23.7 Å². The summed E-state index contributed by atoms with van der Waals surface area (Å²) in [7, 11) is 4.58. The third-order valence-electron chi connectivity index (χ3n) is 9.51. The van der Waals surface area contributed by atoms with Crippen LogP contribution in [0.1, 0.15) is 26.2 Å². The highest BCUT2D eigenvalue weighted by Gasteiger charge is 2.40. The summed E-state index contributed by atoms with van der Waals surface area (Å²) < 4.78 is 24.1. The van der Waals surface area contributed by atoms with E-state index < -0.39 is 0 Å². The molecule has 0 unspecified atom stereocenters. The van der Waals surface area contributed by atoms with E-state index in [4.69, 9.17) is 47.1 Å². The third-order valence-corrected chi connectivity index (χ3v) is 10.3. The molecule has 0 bridgehead atoms. The minimum absolute atomic E-state index is 0.191. The predicted octanol–water partition coefficient (Wildman–Crippen LogP) is 7.21. The Morgan fingerprint density at radius 2 is 1.69 bits per heavy atom. The first-order chi connectivity index (χ1) is 23.2. The van der Waals surface area contributed by atoms with Crippen molar-refractivity contribution in [2.75, 3.05) is 57.8 Å². The number of ether oxygens (including phenoxy) is 4. The van der Waals surface area contributed by atoms with Crippen LogP contribution in [0.25, 0.3) is 33.3 Å². The van der Waals surface area contributed by atoms with E-state index >= 15 is 0 Å². The number of hydrogen-bond donors (Lipinski definition) is 1. The topological polar surface area (TPSA) is 104 Å². The van der Waals surface area contributed by atoms with Gasteiger partial charge in [0.2, 0.25) is 5.91 Å². The molecule has 48 heavy (non-hydrogen) atoms. The van der Waals surface area contributed by atoms with Gasteiger partial charge in [-0.2, -0.15) is 0 Å². The second-order valence-corrected chi connectivity index (χ2v) is 12.8. The van der Waals surface area contributed by atoms with Crippen molar-refractivity contribution in [1.29, 1.82) is 0 Å². The molecule has 0 radical (unpaired) electrons. The molecule has 1 spiro atoms. The molecule has 1 amide bonds. The number of nitrogens with one attached hydrogen (secondary N) is 1. The van der Waals surface area contributed by atoms with Crippen molar-refractivity contribution >= 4 is 51.4 Å². The van der Waals surface area contributed by atoms with Gasteiger partial charge in [-0.15, -0.1) is 0 Å². The van der Waals surface area contributed by atoms with Crippen LogP contribution in [-0.4, -0.2) is 63.1 Å². The van der Waals surface area contributed by atoms with E-state index in [2.05, 4.69) is 16.8 Å². The maximum Gasteiger partial charge on any atom is 0.259 e. The summed E-state index contributed by atoms with van der Waals surface area (Å²) in [5.74, 6) is 0.925. The number of anilines is 2. The lowest BCUT2D eigenvalue weighted by molar-refractivity contribution is -0.111. The monoisotopic (exact) mass is 692 g/mol. The zero-order valence-electron chi connectivity index (χ0n) is 27.5. The molecule has 2 saturated heterocycles. The lowest BCUT2D eigenvalue weighted by atomic mass is 9.80. The summed E-state index contributed by atoms with van der Waals surface area (Å²) in [5.41, 5.74) is 3.87. The molecule has 2 aliphatic rings. The van der Waals surface area contributed by atoms with Crippen LogP contribution < -0.4 is 30.0 Å². The Labute approximate surface area is 289 Å². The molecule has 0 aliphatic carbocycles. The maximum atomic E-state index is 14.1. The number of amides is 1. The van der Waals surface area contributed by atoms with Gasteiger partial charge in [-0.05, 0) is 55.9 Å². The van der Waals surface area contributed by atoms with E-state index in [1.54, 1.807) is 30.0 Å². The SMILES string of the molecule is C=CC(=O)Nc1cc(-c2cc3c(cn2)cc(-c2c(Cl)c(OC)cc(OC)c2Cl)c(=O)n3CC)c(OC)cc1N1CCC2(CCOCC2)C1. The summed E-state index contributed by atoms with van der Waals surface area (Å²) in [6, 6.07) is 8.99. The van der Waals surface area contributed by atoms with E-state index in [0.717, 1.165) is 51.3 Å². The number of rotatable bonds is 9. The predicted molar refractivity (Wildman–Crippen MR) is 190 cm³/mol. The maximum absolute atomic E-state index is 14.1. The van der Waals surface area contributed by atoms with Crippen molar-refractivity contribution in [3.05, 3.63) is 69.6 Å². The zero-order valence-corrected chi connectivity index (χ0v) is 29.0. The first-order valence-electron chi connectivity index (χ1n) is 15.8. The van der Waals surface area contributed by atoms with Gasteiger partial charge in [0.1, 0.15) is 17.2 Å². The van der Waals surface area contributed by atoms with E-state index in [9.17, 15) is 9.59 Å². The molecule has 2 aromatic carbocycles. The summed E-state index contributed by atoms with van der Waals surface area (Å²) in [4.78, 5) is 33.8. The molecule has 10 nitrogen and oxygen atoms in total. The van der Waals surface area contributed by atoms with Crippen LogP contribution in [0, 0.1) is 5.41 Å². The zero-order chi connectivity index (χ0) is 34.2. The molecule has 6 rings (SSSR count). The van der Waals surface area contributed by atoms with Gasteiger partial charge in [-0.25, -0.2) is 0 Å². The molecule has 0 atom stereocenters. The Kier molecular flexibility index (Phi) is 9.60. The van der Waals surface area contributed by atoms with Crippen LogP contribution in [-0.2, 0) is 16.1 Å². The number of carbonyl (C=O) groups is 1. The summed E-state index contributed by atoms with van der Waals surface area (Å²) >= 11 is 13.4. The second kappa shape index (κ2) is 13.7. The first-order valence-corrected chi connectivity index (χ1v) is 16.6. The van der Waals surface area contributed by atoms with Crippen LogP contribution in [0.15, 0.2) is 54.0 Å². The summed E-state index contributed by atoms with van der Waals surface area (Å²) in [6.07, 6.45) is 6.03. The number of halogens is 2. The van der Waals surface area contributed by atoms with Gasteiger partial charge in [0.25, 0.3) is 5.56 Å². The van der Waals surface area contributed by atoms with Gasteiger partial charge >= 0.3 is 0 Å². The average Bonchev–Trinajstić information content (AvgIpc) is 3.50. The van der Waals surface area contributed by atoms with Gasteiger partial charge in [-0.3, -0.25) is 14.6 Å². The fourth-order valence-electron chi connectivity index (χ4n) is 6.87. The molecular formula is C36H38Cl2N4O6. The number of aryl methyl sites for hydroxylation is 1. The average molecular weight is 694 g/mol. The standard InChI is InChI=1S/C36H38Cl2N4O6/c1-6-31(43)40-25-15-22(28(45-3)17-27(25)41-11-8-36(20-41)9-12-48-13-10-36)24-16-26-21(19-39-24)14-23(35(44)42(26)7-2)32-33(37)29(46-4)18-30(47-5)34(32)38/h6,14-19H,1,7-13,20H2,2-5H3,(H,40,43). The Bertz CT molecular complexity index is 1940. The number of hydrogen-bond acceptors (Lipinski definition) is 8. The van der Waals surface area contributed by atoms with Crippen molar-refractivity contribution in [3.63, 3.8) is 0 Å².